The standard InChI is InChI=1S/C14H20N2/c1-11(2)14-15-9-4-10-16(14)13-7-5-12(3)6-8-13/h5-8,11H,4,9-10H2,1-3H3. The van der Waals surface area contributed by atoms with Gasteiger partial charge in [-0.1, -0.05) is 31.5 Å². The van der Waals surface area contributed by atoms with Crippen molar-refractivity contribution in [3.8, 4) is 0 Å². The van der Waals surface area contributed by atoms with Crippen LogP contribution in [0.15, 0.2) is 29.3 Å². The van der Waals surface area contributed by atoms with Gasteiger partial charge in [-0.2, -0.15) is 0 Å². The van der Waals surface area contributed by atoms with Crippen LogP contribution in [0.25, 0.3) is 0 Å². The van der Waals surface area contributed by atoms with Crippen molar-refractivity contribution in [3.05, 3.63) is 29.8 Å². The Bertz CT molecular complexity index is 376. The zero-order valence-electron chi connectivity index (χ0n) is 10.4. The zero-order chi connectivity index (χ0) is 11.5. The molecule has 1 aliphatic heterocycles. The number of hydrogen-bond acceptors (Lipinski definition) is 2. The SMILES string of the molecule is Cc1ccc(N2CCCN=C2C(C)C)cc1. The number of aryl methyl sites for hydroxylation is 1. The molecule has 0 saturated heterocycles. The van der Waals surface area contributed by atoms with Crippen LogP contribution >= 0.6 is 0 Å². The van der Waals surface area contributed by atoms with Crippen molar-refractivity contribution >= 4 is 11.5 Å². The first kappa shape index (κ1) is 11.2. The minimum atomic E-state index is 0.501. The molecule has 86 valence electrons. The third-order valence-electron chi connectivity index (χ3n) is 2.95. The molecule has 0 amide bonds. The van der Waals surface area contributed by atoms with Crippen LogP contribution < -0.4 is 4.90 Å². The molecule has 0 radical (unpaired) electrons. The van der Waals surface area contributed by atoms with E-state index in [-0.39, 0.29) is 0 Å². The summed E-state index contributed by atoms with van der Waals surface area (Å²) in [5, 5.41) is 0. The van der Waals surface area contributed by atoms with E-state index >= 15 is 0 Å². The first-order valence-electron chi connectivity index (χ1n) is 6.07. The van der Waals surface area contributed by atoms with Gasteiger partial charge in [0.1, 0.15) is 5.84 Å². The lowest BCUT2D eigenvalue weighted by Gasteiger charge is -2.31. The highest BCUT2D eigenvalue weighted by molar-refractivity contribution is 5.99. The maximum atomic E-state index is 4.65. The molecule has 1 aliphatic rings. The molecule has 0 aliphatic carbocycles. The van der Waals surface area contributed by atoms with E-state index in [2.05, 4.69) is 54.9 Å². The van der Waals surface area contributed by atoms with Crippen molar-refractivity contribution in [3.63, 3.8) is 0 Å². The summed E-state index contributed by atoms with van der Waals surface area (Å²) in [6, 6.07) is 8.72. The molecule has 16 heavy (non-hydrogen) atoms. The van der Waals surface area contributed by atoms with Crippen molar-refractivity contribution in [1.82, 2.24) is 0 Å². The zero-order valence-corrected chi connectivity index (χ0v) is 10.4. The Balaban J connectivity index is 2.28. The predicted molar refractivity (Wildman–Crippen MR) is 70.3 cm³/mol. The lowest BCUT2D eigenvalue weighted by Crippen LogP contribution is -2.38. The quantitative estimate of drug-likeness (QED) is 0.741. The van der Waals surface area contributed by atoms with E-state index in [1.807, 2.05) is 0 Å². The summed E-state index contributed by atoms with van der Waals surface area (Å²) in [5.41, 5.74) is 2.58. The second-order valence-corrected chi connectivity index (χ2v) is 4.74. The molecule has 1 aromatic rings. The summed E-state index contributed by atoms with van der Waals surface area (Å²) in [6.45, 7) is 8.63. The molecule has 0 spiro atoms. The summed E-state index contributed by atoms with van der Waals surface area (Å²) < 4.78 is 0. The number of aliphatic imine (C=N–C) groups is 1. The largest absolute Gasteiger partial charge is 0.330 e. The summed E-state index contributed by atoms with van der Waals surface area (Å²) in [7, 11) is 0. The number of benzene rings is 1. The van der Waals surface area contributed by atoms with Crippen molar-refractivity contribution in [2.45, 2.75) is 27.2 Å². The monoisotopic (exact) mass is 216 g/mol. The first-order chi connectivity index (χ1) is 7.68. The fraction of sp³-hybridized carbons (Fsp3) is 0.500. The van der Waals surface area contributed by atoms with E-state index in [4.69, 9.17) is 0 Å². The van der Waals surface area contributed by atoms with E-state index in [0.717, 1.165) is 19.5 Å². The van der Waals surface area contributed by atoms with Gasteiger partial charge in [-0.25, -0.2) is 0 Å². The lowest BCUT2D eigenvalue weighted by atomic mass is 10.1. The lowest BCUT2D eigenvalue weighted by molar-refractivity contribution is 0.734. The van der Waals surface area contributed by atoms with Gasteiger partial charge in [-0.05, 0) is 25.5 Å². The van der Waals surface area contributed by atoms with Gasteiger partial charge in [0, 0.05) is 24.7 Å². The Morgan fingerprint density at radius 1 is 1.19 bits per heavy atom. The van der Waals surface area contributed by atoms with Gasteiger partial charge in [-0.3, -0.25) is 4.99 Å². The third-order valence-corrected chi connectivity index (χ3v) is 2.95. The minimum absolute atomic E-state index is 0.501. The molecule has 0 fully saturated rings. The molecule has 0 bridgehead atoms. The molecule has 0 unspecified atom stereocenters. The van der Waals surface area contributed by atoms with Gasteiger partial charge in [0.25, 0.3) is 0 Å². The van der Waals surface area contributed by atoms with Crippen LogP contribution in [0, 0.1) is 12.8 Å². The van der Waals surface area contributed by atoms with Crippen LogP contribution in [0.1, 0.15) is 25.8 Å². The fourth-order valence-corrected chi connectivity index (χ4v) is 2.10. The fourth-order valence-electron chi connectivity index (χ4n) is 2.10. The van der Waals surface area contributed by atoms with Gasteiger partial charge in [0.05, 0.1) is 0 Å². The second kappa shape index (κ2) is 4.69. The molecule has 0 aromatic heterocycles. The molecule has 0 N–H and O–H groups in total. The third kappa shape index (κ3) is 2.26. The summed E-state index contributed by atoms with van der Waals surface area (Å²) in [6.07, 6.45) is 1.16. The van der Waals surface area contributed by atoms with E-state index < -0.39 is 0 Å². The van der Waals surface area contributed by atoms with Crippen molar-refractivity contribution < 1.29 is 0 Å². The first-order valence-corrected chi connectivity index (χ1v) is 6.07. The minimum Gasteiger partial charge on any atom is -0.330 e. The van der Waals surface area contributed by atoms with Crippen LogP contribution in [0.5, 0.6) is 0 Å². The summed E-state index contributed by atoms with van der Waals surface area (Å²) in [5.74, 6) is 1.73. The highest BCUT2D eigenvalue weighted by Crippen LogP contribution is 2.21. The van der Waals surface area contributed by atoms with Crippen molar-refractivity contribution in [2.75, 3.05) is 18.0 Å². The van der Waals surface area contributed by atoms with E-state index in [0.29, 0.717) is 5.92 Å². The number of amidine groups is 1. The number of hydrogen-bond donors (Lipinski definition) is 0. The van der Waals surface area contributed by atoms with E-state index in [1.54, 1.807) is 0 Å². The van der Waals surface area contributed by atoms with Crippen LogP contribution in [0.2, 0.25) is 0 Å². The number of rotatable bonds is 2. The number of anilines is 1. The van der Waals surface area contributed by atoms with E-state index in [9.17, 15) is 0 Å². The van der Waals surface area contributed by atoms with Crippen molar-refractivity contribution in [1.29, 1.82) is 0 Å². The van der Waals surface area contributed by atoms with Gasteiger partial charge in [0.15, 0.2) is 0 Å². The molecule has 2 rings (SSSR count). The van der Waals surface area contributed by atoms with Crippen LogP contribution in [0.3, 0.4) is 0 Å². The van der Waals surface area contributed by atoms with Crippen LogP contribution in [-0.4, -0.2) is 18.9 Å². The highest BCUT2D eigenvalue weighted by Gasteiger charge is 2.19. The van der Waals surface area contributed by atoms with Crippen LogP contribution in [0.4, 0.5) is 5.69 Å². The van der Waals surface area contributed by atoms with Crippen molar-refractivity contribution in [2.24, 2.45) is 10.9 Å². The number of nitrogens with zero attached hydrogens (tertiary/aromatic N) is 2. The smallest absolute Gasteiger partial charge is 0.106 e. The molecular weight excluding hydrogens is 196 g/mol. The molecule has 2 heteroatoms. The second-order valence-electron chi connectivity index (χ2n) is 4.74. The Hall–Kier alpha value is -1.31. The summed E-state index contributed by atoms with van der Waals surface area (Å²) in [4.78, 5) is 7.01. The van der Waals surface area contributed by atoms with Gasteiger partial charge < -0.3 is 4.90 Å². The Morgan fingerprint density at radius 2 is 1.88 bits per heavy atom. The maximum absolute atomic E-state index is 4.65. The Kier molecular flexibility index (Phi) is 3.28. The van der Waals surface area contributed by atoms with Gasteiger partial charge in [0.2, 0.25) is 0 Å². The highest BCUT2D eigenvalue weighted by atomic mass is 15.2. The molecule has 1 aromatic carbocycles. The normalized spacial score (nSPS) is 16.5. The molecule has 2 nitrogen and oxygen atoms in total. The molecular formula is C14H20N2. The predicted octanol–water partition coefficient (Wildman–Crippen LogP) is 3.26. The topological polar surface area (TPSA) is 15.6 Å². The molecule has 0 saturated carbocycles. The van der Waals surface area contributed by atoms with Gasteiger partial charge in [-0.15, -0.1) is 0 Å². The molecule has 1 heterocycles. The average Bonchev–Trinajstić information content (AvgIpc) is 2.30. The Labute approximate surface area is 98.0 Å². The van der Waals surface area contributed by atoms with Gasteiger partial charge >= 0.3 is 0 Å². The Morgan fingerprint density at radius 3 is 2.50 bits per heavy atom. The molecule has 0 atom stereocenters. The maximum Gasteiger partial charge on any atom is 0.106 e. The van der Waals surface area contributed by atoms with E-state index in [1.165, 1.54) is 17.1 Å². The summed E-state index contributed by atoms with van der Waals surface area (Å²) >= 11 is 0. The van der Waals surface area contributed by atoms with Crippen LogP contribution in [-0.2, 0) is 0 Å². The average molecular weight is 216 g/mol.